The Bertz CT molecular complexity index is 1120. The van der Waals surface area contributed by atoms with Crippen molar-refractivity contribution in [2.75, 3.05) is 13.7 Å². The number of hydrogen-bond donors (Lipinski definition) is 5. The molecule has 1 aliphatic rings. The van der Waals surface area contributed by atoms with Crippen LogP contribution in [0.5, 0.6) is 5.75 Å². The Balaban J connectivity index is 1.77. The third-order valence-corrected chi connectivity index (χ3v) is 5.77. The molecule has 2 aromatic rings. The zero-order valence-corrected chi connectivity index (χ0v) is 18.8. The lowest BCUT2D eigenvalue weighted by atomic mass is 9.97. The fraction of sp³-hybridized carbons (Fsp3) is 0.455. The van der Waals surface area contributed by atoms with Crippen LogP contribution < -0.4 is 26.4 Å². The van der Waals surface area contributed by atoms with E-state index in [-0.39, 0.29) is 18.0 Å². The number of H-pyrrole nitrogens is 1. The van der Waals surface area contributed by atoms with E-state index in [1.165, 1.54) is 13.2 Å². The molecule has 0 spiro atoms. The highest BCUT2D eigenvalue weighted by Crippen LogP contribution is 2.26. The van der Waals surface area contributed by atoms with Crippen LogP contribution in [0.3, 0.4) is 0 Å². The number of halogens is 3. The summed E-state index contributed by atoms with van der Waals surface area (Å²) in [5.41, 5.74) is 5.90. The van der Waals surface area contributed by atoms with Crippen LogP contribution in [0.1, 0.15) is 36.2 Å². The summed E-state index contributed by atoms with van der Waals surface area (Å²) >= 11 is 0. The molecule has 190 valence electrons. The van der Waals surface area contributed by atoms with Crippen molar-refractivity contribution in [2.45, 2.75) is 43.9 Å². The lowest BCUT2D eigenvalue weighted by Gasteiger charge is -2.23. The van der Waals surface area contributed by atoms with Gasteiger partial charge in [0.2, 0.25) is 17.7 Å². The zero-order chi connectivity index (χ0) is 25.8. The molecule has 35 heavy (non-hydrogen) atoms. The molecule has 0 saturated carbocycles. The number of carbonyl (C=O) groups is 4. The number of nitrogens with one attached hydrogen (secondary N) is 4. The Morgan fingerprint density at radius 3 is 2.57 bits per heavy atom. The van der Waals surface area contributed by atoms with Gasteiger partial charge < -0.3 is 31.4 Å². The number of methoxy groups -OCH3 is 1. The van der Waals surface area contributed by atoms with Crippen molar-refractivity contribution in [1.29, 1.82) is 0 Å². The number of aromatic nitrogens is 1. The molecule has 1 fully saturated rings. The summed E-state index contributed by atoms with van der Waals surface area (Å²) in [7, 11) is 1.45. The van der Waals surface area contributed by atoms with Crippen molar-refractivity contribution in [3.05, 3.63) is 30.0 Å². The predicted molar refractivity (Wildman–Crippen MR) is 118 cm³/mol. The monoisotopic (exact) mass is 497 g/mol. The summed E-state index contributed by atoms with van der Waals surface area (Å²) in [5.74, 6) is -3.18. The van der Waals surface area contributed by atoms with Gasteiger partial charge in [-0.3, -0.25) is 19.2 Å². The molecule has 0 aliphatic carbocycles. The minimum Gasteiger partial charge on any atom is -0.496 e. The van der Waals surface area contributed by atoms with Gasteiger partial charge in [0, 0.05) is 29.8 Å². The Kier molecular flexibility index (Phi) is 7.87. The van der Waals surface area contributed by atoms with Gasteiger partial charge in [0.25, 0.3) is 5.91 Å². The van der Waals surface area contributed by atoms with Gasteiger partial charge in [-0.15, -0.1) is 0 Å². The summed E-state index contributed by atoms with van der Waals surface area (Å²) in [6.07, 6.45) is -6.37. The Morgan fingerprint density at radius 1 is 1.23 bits per heavy atom. The van der Waals surface area contributed by atoms with Crippen molar-refractivity contribution in [3.63, 3.8) is 0 Å². The zero-order valence-electron chi connectivity index (χ0n) is 18.8. The standard InChI is InChI=1S/C22H26F3N5O5/c1-35-17-4-2-3-13-12(17)10-16(28-13)21(34)29-14(5-7-22(23,24)25)20(33)30-15(18(26)31)9-11-6-8-27-19(11)32/h2-4,10-11,14-15,28H,5-9H2,1H3,(H2,26,31)(H,27,32)(H,29,34)(H,30,33)/t11-,14-,15-/m0/s1. The normalized spacial score (nSPS) is 17.5. The molecule has 1 aromatic heterocycles. The minimum absolute atomic E-state index is 0.00314. The van der Waals surface area contributed by atoms with Crippen molar-refractivity contribution in [2.24, 2.45) is 11.7 Å². The second-order valence-electron chi connectivity index (χ2n) is 8.26. The lowest BCUT2D eigenvalue weighted by Crippen LogP contribution is -2.53. The number of hydrogen-bond acceptors (Lipinski definition) is 5. The second-order valence-corrected chi connectivity index (χ2v) is 8.26. The Morgan fingerprint density at radius 2 is 1.97 bits per heavy atom. The molecule has 10 nitrogen and oxygen atoms in total. The third kappa shape index (κ3) is 6.64. The van der Waals surface area contributed by atoms with Gasteiger partial charge in [0.05, 0.1) is 7.11 Å². The summed E-state index contributed by atoms with van der Waals surface area (Å²) < 4.78 is 43.9. The summed E-state index contributed by atoms with van der Waals surface area (Å²) in [4.78, 5) is 52.2. The highest BCUT2D eigenvalue weighted by molar-refractivity contribution is 6.01. The Labute approximate surface area is 198 Å². The number of benzene rings is 1. The van der Waals surface area contributed by atoms with E-state index in [4.69, 9.17) is 10.5 Å². The maximum absolute atomic E-state index is 12.9. The second kappa shape index (κ2) is 10.7. The van der Waals surface area contributed by atoms with Gasteiger partial charge in [0.1, 0.15) is 23.5 Å². The van der Waals surface area contributed by atoms with Gasteiger partial charge in [-0.1, -0.05) is 6.07 Å². The number of primary amides is 1. The smallest absolute Gasteiger partial charge is 0.389 e. The number of aromatic amines is 1. The number of amides is 4. The molecular weight excluding hydrogens is 471 g/mol. The first-order valence-corrected chi connectivity index (χ1v) is 10.9. The lowest BCUT2D eigenvalue weighted by molar-refractivity contribution is -0.140. The van der Waals surface area contributed by atoms with Crippen LogP contribution in [0.2, 0.25) is 0 Å². The highest BCUT2D eigenvalue weighted by atomic mass is 19.4. The fourth-order valence-electron chi connectivity index (χ4n) is 3.91. The fourth-order valence-corrected chi connectivity index (χ4v) is 3.91. The van der Waals surface area contributed by atoms with E-state index in [0.717, 1.165) is 0 Å². The number of fused-ring (bicyclic) bond motifs is 1. The van der Waals surface area contributed by atoms with Crippen LogP contribution in [0.25, 0.3) is 10.9 Å². The molecule has 1 saturated heterocycles. The highest BCUT2D eigenvalue weighted by Gasteiger charge is 2.35. The third-order valence-electron chi connectivity index (χ3n) is 5.77. The van der Waals surface area contributed by atoms with Crippen molar-refractivity contribution in [1.82, 2.24) is 20.9 Å². The largest absolute Gasteiger partial charge is 0.496 e. The summed E-state index contributed by atoms with van der Waals surface area (Å²) in [5, 5.41) is 7.75. The molecule has 6 N–H and O–H groups in total. The minimum atomic E-state index is -4.58. The maximum Gasteiger partial charge on any atom is 0.389 e. The molecule has 0 unspecified atom stereocenters. The van der Waals surface area contributed by atoms with Crippen LogP contribution in [0.4, 0.5) is 13.2 Å². The average molecular weight is 497 g/mol. The molecule has 13 heteroatoms. The predicted octanol–water partition coefficient (Wildman–Crippen LogP) is 1.11. The SMILES string of the molecule is COc1cccc2[nH]c(C(=O)N[C@@H](CCC(F)(F)F)C(=O)N[C@@H](C[C@@H]3CCNC3=O)C(N)=O)cc12. The van der Waals surface area contributed by atoms with Gasteiger partial charge in [-0.2, -0.15) is 13.2 Å². The van der Waals surface area contributed by atoms with E-state index in [9.17, 15) is 32.3 Å². The first-order chi connectivity index (χ1) is 16.5. The average Bonchev–Trinajstić information content (AvgIpc) is 3.41. The van der Waals surface area contributed by atoms with Gasteiger partial charge >= 0.3 is 6.18 Å². The first-order valence-electron chi connectivity index (χ1n) is 10.9. The molecule has 1 aliphatic heterocycles. The number of alkyl halides is 3. The van der Waals surface area contributed by atoms with Crippen molar-refractivity contribution >= 4 is 34.5 Å². The molecule has 3 rings (SSSR count). The van der Waals surface area contributed by atoms with Crippen molar-refractivity contribution in [3.8, 4) is 5.75 Å². The summed E-state index contributed by atoms with van der Waals surface area (Å²) in [6.45, 7) is 0.405. The molecule has 2 heterocycles. The number of nitrogens with two attached hydrogens (primary N) is 1. The molecule has 0 radical (unpaired) electrons. The first kappa shape index (κ1) is 25.8. The van der Waals surface area contributed by atoms with Crippen LogP contribution in [-0.2, 0) is 14.4 Å². The number of ether oxygens (including phenoxy) is 1. The molecule has 0 bridgehead atoms. The van der Waals surface area contributed by atoms with E-state index < -0.39 is 54.7 Å². The number of carbonyl (C=O) groups excluding carboxylic acids is 4. The molecule has 1 aromatic carbocycles. The van der Waals surface area contributed by atoms with Crippen LogP contribution in [0.15, 0.2) is 24.3 Å². The van der Waals surface area contributed by atoms with Crippen LogP contribution >= 0.6 is 0 Å². The van der Waals surface area contributed by atoms with Crippen molar-refractivity contribution < 1.29 is 37.1 Å². The van der Waals surface area contributed by atoms with E-state index in [1.54, 1.807) is 18.2 Å². The topological polar surface area (TPSA) is 155 Å². The molecular formula is C22H26F3N5O5. The quantitative estimate of drug-likeness (QED) is 0.333. The van der Waals surface area contributed by atoms with E-state index in [1.807, 2.05) is 0 Å². The van der Waals surface area contributed by atoms with Crippen LogP contribution in [0, 0.1) is 5.92 Å². The van der Waals surface area contributed by atoms with Crippen LogP contribution in [-0.4, -0.2) is 60.5 Å². The maximum atomic E-state index is 12.9. The van der Waals surface area contributed by atoms with Gasteiger partial charge in [-0.25, -0.2) is 0 Å². The molecule has 4 amide bonds. The number of rotatable bonds is 10. The molecule has 3 atom stereocenters. The van der Waals surface area contributed by atoms with Gasteiger partial charge in [0.15, 0.2) is 0 Å². The van der Waals surface area contributed by atoms with Gasteiger partial charge in [-0.05, 0) is 37.5 Å². The van der Waals surface area contributed by atoms with E-state index in [0.29, 0.717) is 29.6 Å². The van der Waals surface area contributed by atoms with E-state index in [2.05, 4.69) is 20.9 Å². The summed E-state index contributed by atoms with van der Waals surface area (Å²) in [6, 6.07) is 3.59. The van der Waals surface area contributed by atoms with E-state index >= 15 is 0 Å². The Hall–Kier alpha value is -3.77.